The van der Waals surface area contributed by atoms with Crippen molar-refractivity contribution in [2.75, 3.05) is 0 Å². The van der Waals surface area contributed by atoms with Crippen LogP contribution in [-0.2, 0) is 0 Å². The van der Waals surface area contributed by atoms with Crippen LogP contribution in [0.25, 0.3) is 0 Å². The minimum absolute atomic E-state index is 0.480. The van der Waals surface area contributed by atoms with Gasteiger partial charge in [-0.15, -0.1) is 0 Å². The van der Waals surface area contributed by atoms with Crippen molar-refractivity contribution in [3.63, 3.8) is 0 Å². The van der Waals surface area contributed by atoms with Crippen molar-refractivity contribution in [1.29, 1.82) is 0 Å². The first-order chi connectivity index (χ1) is 5.12. The molecule has 1 unspecified atom stereocenters. The zero-order valence-corrected chi connectivity index (χ0v) is 7.51. The zero-order valence-electron chi connectivity index (χ0n) is 7.51. The quantitative estimate of drug-likeness (QED) is 0.606. The third-order valence-electron chi connectivity index (χ3n) is 2.17. The van der Waals surface area contributed by atoms with Crippen molar-refractivity contribution in [3.05, 3.63) is 12.2 Å². The molecule has 1 rings (SSSR count). The molecule has 0 aliphatic heterocycles. The van der Waals surface area contributed by atoms with E-state index in [-0.39, 0.29) is 0 Å². The Bertz CT molecular complexity index is 149. The van der Waals surface area contributed by atoms with Crippen LogP contribution in [0.3, 0.4) is 0 Å². The summed E-state index contributed by atoms with van der Waals surface area (Å²) in [7, 11) is 0. The summed E-state index contributed by atoms with van der Waals surface area (Å²) in [4.78, 5) is 0. The molecule has 0 saturated heterocycles. The van der Waals surface area contributed by atoms with E-state index >= 15 is 0 Å². The fourth-order valence-corrected chi connectivity index (χ4v) is 1.79. The number of hydrogen-bond acceptors (Lipinski definition) is 1. The summed E-state index contributed by atoms with van der Waals surface area (Å²) in [6.45, 7) is 4.31. The van der Waals surface area contributed by atoms with E-state index in [0.29, 0.717) is 5.92 Å². The number of rotatable bonds is 2. The molecule has 0 aromatic heterocycles. The molecule has 1 N–H and O–H groups in total. The highest BCUT2D eigenvalue weighted by Crippen LogP contribution is 2.28. The lowest BCUT2D eigenvalue weighted by Crippen LogP contribution is -2.29. The smallest absolute Gasteiger partial charge is 0.0830 e. The first-order valence-electron chi connectivity index (χ1n) is 4.52. The van der Waals surface area contributed by atoms with Crippen molar-refractivity contribution in [2.24, 2.45) is 5.92 Å². The predicted octanol–water partition coefficient (Wildman–Crippen LogP) is 2.50. The summed E-state index contributed by atoms with van der Waals surface area (Å²) in [5.74, 6) is 0.586. The molecule has 0 radical (unpaired) electrons. The van der Waals surface area contributed by atoms with E-state index in [1.165, 1.54) is 0 Å². The Kier molecular flexibility index (Phi) is 2.72. The van der Waals surface area contributed by atoms with Crippen LogP contribution in [0, 0.1) is 5.92 Å². The molecule has 0 amide bonds. The lowest BCUT2D eigenvalue weighted by Gasteiger charge is -2.29. The van der Waals surface area contributed by atoms with Gasteiger partial charge >= 0.3 is 0 Å². The monoisotopic (exact) mass is 154 g/mol. The van der Waals surface area contributed by atoms with E-state index in [1.807, 2.05) is 6.08 Å². The zero-order chi connectivity index (χ0) is 8.32. The first kappa shape index (κ1) is 8.79. The van der Waals surface area contributed by atoms with Gasteiger partial charge in [0.15, 0.2) is 0 Å². The molecular formula is C10H18O. The van der Waals surface area contributed by atoms with Gasteiger partial charge in [0.25, 0.3) is 0 Å². The Hall–Kier alpha value is -0.300. The lowest BCUT2D eigenvalue weighted by atomic mass is 9.84. The van der Waals surface area contributed by atoms with Gasteiger partial charge in [-0.3, -0.25) is 0 Å². The Labute approximate surface area is 69.1 Å². The number of hydrogen-bond donors (Lipinski definition) is 1. The summed E-state index contributed by atoms with van der Waals surface area (Å²) in [5, 5.41) is 9.95. The van der Waals surface area contributed by atoms with E-state index in [0.717, 1.165) is 25.7 Å². The topological polar surface area (TPSA) is 20.2 Å². The van der Waals surface area contributed by atoms with Crippen LogP contribution in [0.4, 0.5) is 0 Å². The molecular weight excluding hydrogens is 136 g/mol. The van der Waals surface area contributed by atoms with E-state index in [2.05, 4.69) is 19.9 Å². The molecule has 0 aromatic carbocycles. The van der Waals surface area contributed by atoms with Gasteiger partial charge in [-0.2, -0.15) is 0 Å². The average Bonchev–Trinajstić information content (AvgIpc) is 1.85. The van der Waals surface area contributed by atoms with E-state index in [9.17, 15) is 5.11 Å². The van der Waals surface area contributed by atoms with Gasteiger partial charge in [-0.25, -0.2) is 0 Å². The average molecular weight is 154 g/mol. The van der Waals surface area contributed by atoms with Crippen molar-refractivity contribution >= 4 is 0 Å². The van der Waals surface area contributed by atoms with Gasteiger partial charge in [0, 0.05) is 0 Å². The normalized spacial score (nSPS) is 31.3. The first-order valence-corrected chi connectivity index (χ1v) is 4.52. The van der Waals surface area contributed by atoms with Crippen LogP contribution in [0.2, 0.25) is 0 Å². The summed E-state index contributed by atoms with van der Waals surface area (Å²) in [5.41, 5.74) is -0.480. The number of aliphatic hydroxyl groups is 1. The second-order valence-electron chi connectivity index (χ2n) is 4.00. The maximum absolute atomic E-state index is 9.95. The van der Waals surface area contributed by atoms with Crippen LogP contribution in [0.1, 0.15) is 39.5 Å². The summed E-state index contributed by atoms with van der Waals surface area (Å²) >= 11 is 0. The molecule has 64 valence electrons. The van der Waals surface area contributed by atoms with Gasteiger partial charge in [0.05, 0.1) is 5.60 Å². The Morgan fingerprint density at radius 1 is 1.55 bits per heavy atom. The standard InChI is InChI=1S/C10H18O/c1-9(2)8-10(11)6-4-3-5-7-10/h4,6,9,11H,3,5,7-8H2,1-2H3. The largest absolute Gasteiger partial charge is 0.386 e. The molecule has 0 saturated carbocycles. The maximum atomic E-state index is 9.95. The van der Waals surface area contributed by atoms with E-state index in [4.69, 9.17) is 0 Å². The van der Waals surface area contributed by atoms with Crippen molar-refractivity contribution in [2.45, 2.75) is 45.1 Å². The van der Waals surface area contributed by atoms with E-state index < -0.39 is 5.60 Å². The van der Waals surface area contributed by atoms with Gasteiger partial charge in [0.2, 0.25) is 0 Å². The molecule has 1 atom stereocenters. The van der Waals surface area contributed by atoms with Crippen LogP contribution >= 0.6 is 0 Å². The summed E-state index contributed by atoms with van der Waals surface area (Å²) in [6.07, 6.45) is 8.22. The second kappa shape index (κ2) is 3.40. The van der Waals surface area contributed by atoms with Gasteiger partial charge in [-0.05, 0) is 31.6 Å². The highest BCUT2D eigenvalue weighted by molar-refractivity contribution is 5.04. The van der Waals surface area contributed by atoms with Crippen LogP contribution in [0.5, 0.6) is 0 Å². The lowest BCUT2D eigenvalue weighted by molar-refractivity contribution is 0.0531. The SMILES string of the molecule is CC(C)CC1(O)C=CCCC1. The van der Waals surface area contributed by atoms with Crippen molar-refractivity contribution < 1.29 is 5.11 Å². The Morgan fingerprint density at radius 2 is 2.27 bits per heavy atom. The summed E-state index contributed by atoms with van der Waals surface area (Å²) in [6, 6.07) is 0. The molecule has 0 fully saturated rings. The van der Waals surface area contributed by atoms with Crippen LogP contribution < -0.4 is 0 Å². The van der Waals surface area contributed by atoms with Crippen molar-refractivity contribution in [1.82, 2.24) is 0 Å². The minimum atomic E-state index is -0.480. The Balaban J connectivity index is 2.50. The molecule has 0 heterocycles. The molecule has 1 heteroatoms. The minimum Gasteiger partial charge on any atom is -0.386 e. The fourth-order valence-electron chi connectivity index (χ4n) is 1.79. The molecule has 0 bridgehead atoms. The van der Waals surface area contributed by atoms with Gasteiger partial charge in [0.1, 0.15) is 0 Å². The molecule has 1 aliphatic carbocycles. The van der Waals surface area contributed by atoms with E-state index in [1.54, 1.807) is 0 Å². The number of allylic oxidation sites excluding steroid dienone is 1. The fraction of sp³-hybridized carbons (Fsp3) is 0.800. The molecule has 11 heavy (non-hydrogen) atoms. The van der Waals surface area contributed by atoms with Crippen molar-refractivity contribution in [3.8, 4) is 0 Å². The summed E-state index contributed by atoms with van der Waals surface area (Å²) < 4.78 is 0. The Morgan fingerprint density at radius 3 is 2.73 bits per heavy atom. The highest BCUT2D eigenvalue weighted by Gasteiger charge is 2.25. The van der Waals surface area contributed by atoms with Crippen LogP contribution in [-0.4, -0.2) is 10.7 Å². The maximum Gasteiger partial charge on any atom is 0.0830 e. The third-order valence-corrected chi connectivity index (χ3v) is 2.17. The second-order valence-corrected chi connectivity index (χ2v) is 4.00. The van der Waals surface area contributed by atoms with Gasteiger partial charge in [-0.1, -0.05) is 26.0 Å². The molecule has 1 aliphatic rings. The third kappa shape index (κ3) is 2.66. The van der Waals surface area contributed by atoms with Crippen LogP contribution in [0.15, 0.2) is 12.2 Å². The van der Waals surface area contributed by atoms with Gasteiger partial charge < -0.3 is 5.11 Å². The molecule has 0 spiro atoms. The highest BCUT2D eigenvalue weighted by atomic mass is 16.3. The molecule has 1 nitrogen and oxygen atoms in total. The molecule has 0 aromatic rings. The predicted molar refractivity (Wildman–Crippen MR) is 47.4 cm³/mol.